The molecule has 1 aliphatic heterocycles. The molecule has 5 rings (SSSR count). The predicted octanol–water partition coefficient (Wildman–Crippen LogP) is 3.75. The van der Waals surface area contributed by atoms with Crippen LogP contribution >= 0.6 is 0 Å². The summed E-state index contributed by atoms with van der Waals surface area (Å²) in [5.74, 6) is 2.35. The second kappa shape index (κ2) is 8.07. The number of rotatable bonds is 6. The van der Waals surface area contributed by atoms with Crippen molar-refractivity contribution < 1.29 is 9.47 Å². The van der Waals surface area contributed by atoms with E-state index in [4.69, 9.17) is 9.47 Å². The number of nitrogens with zero attached hydrogens (tertiary/aromatic N) is 4. The molecule has 1 aliphatic carbocycles. The zero-order valence-corrected chi connectivity index (χ0v) is 17.5. The summed E-state index contributed by atoms with van der Waals surface area (Å²) in [4.78, 5) is 6.69. The fourth-order valence-electron chi connectivity index (χ4n) is 4.10. The standard InChI is InChI=1S/C23H27N5O2/c1-28-11-3-4-15(14-28)25-23-20-13-24-10-9-18(20)22(26-27-23)19-8-7-17(12-21(19)29-2)30-16-5-6-16/h7-10,12-13,15-16H,3-6,11,14H2,1-2H3,(H,25,27)/t15-/m1/s1. The van der Waals surface area contributed by atoms with Crippen molar-refractivity contribution in [3.63, 3.8) is 0 Å². The minimum absolute atomic E-state index is 0.344. The first-order chi connectivity index (χ1) is 14.7. The van der Waals surface area contributed by atoms with E-state index in [1.165, 1.54) is 6.42 Å². The highest BCUT2D eigenvalue weighted by atomic mass is 16.5. The monoisotopic (exact) mass is 405 g/mol. The predicted molar refractivity (Wildman–Crippen MR) is 117 cm³/mol. The fourth-order valence-corrected chi connectivity index (χ4v) is 4.10. The molecule has 2 fully saturated rings. The zero-order valence-electron chi connectivity index (χ0n) is 17.5. The van der Waals surface area contributed by atoms with E-state index in [9.17, 15) is 0 Å². The summed E-state index contributed by atoms with van der Waals surface area (Å²) in [6, 6.07) is 8.27. The summed E-state index contributed by atoms with van der Waals surface area (Å²) in [7, 11) is 3.83. The van der Waals surface area contributed by atoms with Gasteiger partial charge in [-0.1, -0.05) is 0 Å². The van der Waals surface area contributed by atoms with E-state index in [0.717, 1.165) is 71.7 Å². The SMILES string of the molecule is COc1cc(OC2CC2)ccc1-c1nnc(N[C@@H]2CCCN(C)C2)c2cnccc12. The topological polar surface area (TPSA) is 72.4 Å². The van der Waals surface area contributed by atoms with Gasteiger partial charge < -0.3 is 19.7 Å². The smallest absolute Gasteiger partial charge is 0.158 e. The van der Waals surface area contributed by atoms with Gasteiger partial charge in [0, 0.05) is 47.4 Å². The second-order valence-corrected chi connectivity index (χ2v) is 8.24. The van der Waals surface area contributed by atoms with Crippen LogP contribution in [0.3, 0.4) is 0 Å². The third-order valence-electron chi connectivity index (χ3n) is 5.80. The molecule has 3 heterocycles. The summed E-state index contributed by atoms with van der Waals surface area (Å²) in [5.41, 5.74) is 1.68. The third-order valence-corrected chi connectivity index (χ3v) is 5.80. The first-order valence-corrected chi connectivity index (χ1v) is 10.6. The molecule has 1 atom stereocenters. The Balaban J connectivity index is 1.51. The van der Waals surface area contributed by atoms with Crippen LogP contribution in [-0.4, -0.2) is 59.5 Å². The average molecular weight is 406 g/mol. The van der Waals surface area contributed by atoms with Crippen LogP contribution in [0.1, 0.15) is 25.7 Å². The van der Waals surface area contributed by atoms with Crippen LogP contribution in [0.4, 0.5) is 5.82 Å². The highest BCUT2D eigenvalue weighted by Gasteiger charge is 2.24. The lowest BCUT2D eigenvalue weighted by atomic mass is 10.0. The quantitative estimate of drug-likeness (QED) is 0.670. The van der Waals surface area contributed by atoms with E-state index in [0.29, 0.717) is 12.1 Å². The summed E-state index contributed by atoms with van der Waals surface area (Å²) < 4.78 is 11.6. The second-order valence-electron chi connectivity index (χ2n) is 8.24. The van der Waals surface area contributed by atoms with Gasteiger partial charge >= 0.3 is 0 Å². The lowest BCUT2D eigenvalue weighted by Gasteiger charge is -2.30. The van der Waals surface area contributed by atoms with Crippen LogP contribution in [0.5, 0.6) is 11.5 Å². The van der Waals surface area contributed by atoms with Gasteiger partial charge in [0.1, 0.15) is 17.2 Å². The molecule has 3 aromatic rings. The maximum absolute atomic E-state index is 5.92. The van der Waals surface area contributed by atoms with E-state index < -0.39 is 0 Å². The van der Waals surface area contributed by atoms with Gasteiger partial charge in [-0.15, -0.1) is 10.2 Å². The Labute approximate surface area is 176 Å². The summed E-state index contributed by atoms with van der Waals surface area (Å²) in [6.45, 7) is 2.15. The van der Waals surface area contributed by atoms with E-state index in [2.05, 4.69) is 32.4 Å². The number of ether oxygens (including phenoxy) is 2. The number of benzene rings is 1. The minimum Gasteiger partial charge on any atom is -0.496 e. The Morgan fingerprint density at radius 1 is 1.10 bits per heavy atom. The molecule has 30 heavy (non-hydrogen) atoms. The molecule has 1 saturated carbocycles. The van der Waals surface area contributed by atoms with Crippen LogP contribution < -0.4 is 14.8 Å². The van der Waals surface area contributed by atoms with Gasteiger partial charge in [-0.05, 0) is 57.5 Å². The Morgan fingerprint density at radius 3 is 2.80 bits per heavy atom. The van der Waals surface area contributed by atoms with Gasteiger partial charge in [-0.25, -0.2) is 0 Å². The average Bonchev–Trinajstić information content (AvgIpc) is 3.58. The number of anilines is 1. The van der Waals surface area contributed by atoms with Crippen molar-refractivity contribution >= 4 is 16.6 Å². The summed E-state index contributed by atoms with van der Waals surface area (Å²) >= 11 is 0. The normalized spacial score (nSPS) is 19.6. The third kappa shape index (κ3) is 3.89. The molecule has 0 bridgehead atoms. The number of hydrogen-bond donors (Lipinski definition) is 1. The van der Waals surface area contributed by atoms with Crippen molar-refractivity contribution in [3.8, 4) is 22.8 Å². The van der Waals surface area contributed by atoms with Gasteiger partial charge in [0.05, 0.1) is 13.2 Å². The first-order valence-electron chi connectivity index (χ1n) is 10.6. The molecule has 0 spiro atoms. The van der Waals surface area contributed by atoms with Crippen molar-refractivity contribution in [1.82, 2.24) is 20.1 Å². The van der Waals surface area contributed by atoms with Crippen LogP contribution in [-0.2, 0) is 0 Å². The number of fused-ring (bicyclic) bond motifs is 1. The summed E-state index contributed by atoms with van der Waals surface area (Å²) in [6.07, 6.45) is 8.56. The molecule has 0 amide bonds. The summed E-state index contributed by atoms with van der Waals surface area (Å²) in [5, 5.41) is 14.7. The van der Waals surface area contributed by atoms with E-state index >= 15 is 0 Å². The molecule has 7 nitrogen and oxygen atoms in total. The van der Waals surface area contributed by atoms with E-state index in [1.807, 2.05) is 30.5 Å². The fraction of sp³-hybridized carbons (Fsp3) is 0.435. The molecular formula is C23H27N5O2. The lowest BCUT2D eigenvalue weighted by Crippen LogP contribution is -2.40. The van der Waals surface area contributed by atoms with E-state index in [1.54, 1.807) is 13.3 Å². The van der Waals surface area contributed by atoms with Gasteiger partial charge in [0.2, 0.25) is 0 Å². The molecule has 0 radical (unpaired) electrons. The Bertz CT molecular complexity index is 1050. The highest BCUT2D eigenvalue weighted by Crippen LogP contribution is 2.38. The van der Waals surface area contributed by atoms with Gasteiger partial charge in [0.25, 0.3) is 0 Å². The van der Waals surface area contributed by atoms with Crippen molar-refractivity contribution in [2.45, 2.75) is 37.8 Å². The van der Waals surface area contributed by atoms with Crippen molar-refractivity contribution in [3.05, 3.63) is 36.7 Å². The minimum atomic E-state index is 0.344. The van der Waals surface area contributed by atoms with Crippen molar-refractivity contribution in [1.29, 1.82) is 0 Å². The van der Waals surface area contributed by atoms with Crippen LogP contribution in [0, 0.1) is 0 Å². The molecule has 156 valence electrons. The Hall–Kier alpha value is -2.93. The molecule has 1 saturated heterocycles. The number of pyridine rings is 1. The largest absolute Gasteiger partial charge is 0.496 e. The number of piperidine rings is 1. The first kappa shape index (κ1) is 19.1. The Morgan fingerprint density at radius 2 is 2.00 bits per heavy atom. The number of hydrogen-bond acceptors (Lipinski definition) is 7. The Kier molecular flexibility index (Phi) is 5.12. The molecule has 1 N–H and O–H groups in total. The lowest BCUT2D eigenvalue weighted by molar-refractivity contribution is 0.261. The van der Waals surface area contributed by atoms with Crippen LogP contribution in [0.2, 0.25) is 0 Å². The van der Waals surface area contributed by atoms with Gasteiger partial charge in [-0.3, -0.25) is 4.98 Å². The van der Waals surface area contributed by atoms with Gasteiger partial charge in [0.15, 0.2) is 5.82 Å². The number of methoxy groups -OCH3 is 1. The number of likely N-dealkylation sites (tertiary alicyclic amines) is 1. The maximum Gasteiger partial charge on any atom is 0.158 e. The van der Waals surface area contributed by atoms with Crippen molar-refractivity contribution in [2.75, 3.05) is 32.6 Å². The molecule has 7 heteroatoms. The van der Waals surface area contributed by atoms with Crippen molar-refractivity contribution in [2.24, 2.45) is 0 Å². The van der Waals surface area contributed by atoms with Gasteiger partial charge in [-0.2, -0.15) is 0 Å². The zero-order chi connectivity index (χ0) is 20.5. The maximum atomic E-state index is 5.92. The number of likely N-dealkylation sites (N-methyl/N-ethyl adjacent to an activating group) is 1. The van der Waals surface area contributed by atoms with Crippen LogP contribution in [0.15, 0.2) is 36.7 Å². The van der Waals surface area contributed by atoms with Crippen LogP contribution in [0.25, 0.3) is 22.0 Å². The number of nitrogens with one attached hydrogen (secondary N) is 1. The molecule has 0 unspecified atom stereocenters. The highest BCUT2D eigenvalue weighted by molar-refractivity contribution is 6.00. The number of aromatic nitrogens is 3. The molecular weight excluding hydrogens is 378 g/mol. The van der Waals surface area contributed by atoms with E-state index in [-0.39, 0.29) is 0 Å². The molecule has 2 aromatic heterocycles. The molecule has 1 aromatic carbocycles. The molecule has 2 aliphatic rings.